The van der Waals surface area contributed by atoms with E-state index in [-0.39, 0.29) is 6.09 Å². The number of halogens is 1. The van der Waals surface area contributed by atoms with Crippen molar-refractivity contribution in [2.75, 3.05) is 19.0 Å². The van der Waals surface area contributed by atoms with Crippen LogP contribution in [-0.4, -0.2) is 25.1 Å². The fraction of sp³-hybridized carbons (Fsp3) is 0.857. The lowest BCUT2D eigenvalue weighted by atomic mass is 10.5. The van der Waals surface area contributed by atoms with Crippen molar-refractivity contribution in [1.82, 2.24) is 5.32 Å². The van der Waals surface area contributed by atoms with Crippen molar-refractivity contribution in [2.45, 2.75) is 19.8 Å². The molecule has 0 rings (SSSR count). The molecule has 0 bridgehead atoms. The number of alkyl carbamates (subject to hydrolysis) is 1. The van der Waals surface area contributed by atoms with Gasteiger partial charge in [-0.05, 0) is 12.8 Å². The second kappa shape index (κ2) is 7.66. The number of nitrogens with one attached hydrogen (secondary N) is 1. The summed E-state index contributed by atoms with van der Waals surface area (Å²) in [7, 11) is 0. The SMILES string of the molecule is CCCOC(=O)NCCCCl. The van der Waals surface area contributed by atoms with Gasteiger partial charge in [0.15, 0.2) is 0 Å². The minimum absolute atomic E-state index is 0.350. The number of ether oxygens (including phenoxy) is 1. The first-order valence-electron chi connectivity index (χ1n) is 3.77. The highest BCUT2D eigenvalue weighted by Crippen LogP contribution is 1.84. The molecule has 0 unspecified atom stereocenters. The van der Waals surface area contributed by atoms with Crippen molar-refractivity contribution >= 4 is 17.7 Å². The minimum atomic E-state index is -0.350. The van der Waals surface area contributed by atoms with Crippen LogP contribution in [0.4, 0.5) is 4.79 Å². The summed E-state index contributed by atoms with van der Waals surface area (Å²) in [6.45, 7) is 3.02. The van der Waals surface area contributed by atoms with Crippen molar-refractivity contribution in [3.05, 3.63) is 0 Å². The standard InChI is InChI=1S/C7H14ClNO2/c1-2-6-11-7(10)9-5-3-4-8/h2-6H2,1H3,(H,9,10). The van der Waals surface area contributed by atoms with E-state index in [1.807, 2.05) is 6.92 Å². The highest BCUT2D eigenvalue weighted by Gasteiger charge is 1.97. The molecule has 1 N–H and O–H groups in total. The van der Waals surface area contributed by atoms with Gasteiger partial charge in [0.25, 0.3) is 0 Å². The molecule has 0 aliphatic heterocycles. The molecule has 0 saturated heterocycles. The average Bonchev–Trinajstić information content (AvgIpc) is 2.01. The van der Waals surface area contributed by atoms with Crippen LogP contribution in [0.15, 0.2) is 0 Å². The molecule has 0 aliphatic carbocycles. The van der Waals surface area contributed by atoms with Crippen molar-refractivity contribution in [3.8, 4) is 0 Å². The van der Waals surface area contributed by atoms with E-state index < -0.39 is 0 Å². The second-order valence-electron chi connectivity index (χ2n) is 2.11. The van der Waals surface area contributed by atoms with Gasteiger partial charge in [-0.2, -0.15) is 0 Å². The van der Waals surface area contributed by atoms with Crippen molar-refractivity contribution < 1.29 is 9.53 Å². The maximum Gasteiger partial charge on any atom is 0.407 e. The summed E-state index contributed by atoms with van der Waals surface area (Å²) in [6, 6.07) is 0. The lowest BCUT2D eigenvalue weighted by molar-refractivity contribution is 0.146. The normalized spacial score (nSPS) is 9.27. The van der Waals surface area contributed by atoms with Crippen LogP contribution in [0.3, 0.4) is 0 Å². The molecule has 1 amide bonds. The van der Waals surface area contributed by atoms with Gasteiger partial charge in [0.1, 0.15) is 0 Å². The Balaban J connectivity index is 3.09. The number of hydrogen-bond acceptors (Lipinski definition) is 2. The van der Waals surface area contributed by atoms with E-state index in [9.17, 15) is 4.79 Å². The van der Waals surface area contributed by atoms with E-state index >= 15 is 0 Å². The lowest BCUT2D eigenvalue weighted by Gasteiger charge is -2.03. The number of alkyl halides is 1. The molecule has 0 fully saturated rings. The maximum atomic E-state index is 10.7. The van der Waals surface area contributed by atoms with Gasteiger partial charge in [-0.15, -0.1) is 11.6 Å². The largest absolute Gasteiger partial charge is 0.450 e. The summed E-state index contributed by atoms with van der Waals surface area (Å²) in [5.74, 6) is 0.564. The van der Waals surface area contributed by atoms with Crippen molar-refractivity contribution in [3.63, 3.8) is 0 Å². The van der Waals surface area contributed by atoms with Gasteiger partial charge in [0.05, 0.1) is 6.61 Å². The quantitative estimate of drug-likeness (QED) is 0.516. The number of hydrogen-bond donors (Lipinski definition) is 1. The Labute approximate surface area is 72.1 Å². The van der Waals surface area contributed by atoms with E-state index in [1.165, 1.54) is 0 Å². The zero-order valence-electron chi connectivity index (χ0n) is 6.73. The van der Waals surface area contributed by atoms with Gasteiger partial charge in [-0.3, -0.25) is 0 Å². The smallest absolute Gasteiger partial charge is 0.407 e. The van der Waals surface area contributed by atoms with Crippen LogP contribution in [0.5, 0.6) is 0 Å². The van der Waals surface area contributed by atoms with Crippen molar-refractivity contribution in [1.29, 1.82) is 0 Å². The summed E-state index contributed by atoms with van der Waals surface area (Å²) in [5, 5.41) is 2.57. The molecular weight excluding hydrogens is 166 g/mol. The third-order valence-corrected chi connectivity index (χ3v) is 1.28. The third-order valence-electron chi connectivity index (χ3n) is 1.02. The number of carbonyl (C=O) groups excluding carboxylic acids is 1. The first-order valence-corrected chi connectivity index (χ1v) is 4.31. The molecule has 0 heterocycles. The fourth-order valence-corrected chi connectivity index (χ4v) is 0.637. The Morgan fingerprint density at radius 3 is 2.91 bits per heavy atom. The molecule has 0 aliphatic rings. The number of carbonyl (C=O) groups is 1. The zero-order valence-corrected chi connectivity index (χ0v) is 7.49. The average molecular weight is 180 g/mol. The van der Waals surface area contributed by atoms with E-state index in [2.05, 4.69) is 5.32 Å². The highest BCUT2D eigenvalue weighted by molar-refractivity contribution is 6.17. The first-order chi connectivity index (χ1) is 5.31. The van der Waals surface area contributed by atoms with Crippen LogP contribution in [0.1, 0.15) is 19.8 Å². The van der Waals surface area contributed by atoms with Gasteiger partial charge in [-0.1, -0.05) is 6.92 Å². The van der Waals surface area contributed by atoms with Crippen LogP contribution in [0.25, 0.3) is 0 Å². The third kappa shape index (κ3) is 7.46. The second-order valence-corrected chi connectivity index (χ2v) is 2.48. The first kappa shape index (κ1) is 10.6. The highest BCUT2D eigenvalue weighted by atomic mass is 35.5. The summed E-state index contributed by atoms with van der Waals surface area (Å²) < 4.78 is 4.74. The lowest BCUT2D eigenvalue weighted by Crippen LogP contribution is -2.25. The van der Waals surface area contributed by atoms with E-state index in [1.54, 1.807) is 0 Å². The molecule has 0 aromatic carbocycles. The van der Waals surface area contributed by atoms with E-state index in [0.29, 0.717) is 19.0 Å². The fourth-order valence-electron chi connectivity index (χ4n) is 0.503. The monoisotopic (exact) mass is 179 g/mol. The van der Waals surface area contributed by atoms with E-state index in [0.717, 1.165) is 12.8 Å². The molecule has 0 saturated carbocycles. The molecule has 0 spiro atoms. The predicted octanol–water partition coefficient (Wildman–Crippen LogP) is 1.75. The van der Waals surface area contributed by atoms with Gasteiger partial charge < -0.3 is 10.1 Å². The summed E-state index contributed by atoms with van der Waals surface area (Å²) in [4.78, 5) is 10.7. The van der Waals surface area contributed by atoms with E-state index in [4.69, 9.17) is 16.3 Å². The Morgan fingerprint density at radius 2 is 2.36 bits per heavy atom. The van der Waals surface area contributed by atoms with Gasteiger partial charge in [-0.25, -0.2) is 4.79 Å². The molecule has 0 atom stereocenters. The Kier molecular flexibility index (Phi) is 7.36. The van der Waals surface area contributed by atoms with Crippen LogP contribution < -0.4 is 5.32 Å². The summed E-state index contributed by atoms with van der Waals surface area (Å²) >= 11 is 5.40. The molecular formula is C7H14ClNO2. The molecule has 0 aromatic rings. The summed E-state index contributed by atoms with van der Waals surface area (Å²) in [5.41, 5.74) is 0. The van der Waals surface area contributed by atoms with Crippen LogP contribution in [0, 0.1) is 0 Å². The van der Waals surface area contributed by atoms with Crippen LogP contribution >= 0.6 is 11.6 Å². The molecule has 0 radical (unpaired) electrons. The van der Waals surface area contributed by atoms with Crippen molar-refractivity contribution in [2.24, 2.45) is 0 Å². The number of rotatable bonds is 5. The molecule has 4 heteroatoms. The van der Waals surface area contributed by atoms with Gasteiger partial charge in [0, 0.05) is 12.4 Å². The molecule has 66 valence electrons. The topological polar surface area (TPSA) is 38.3 Å². The minimum Gasteiger partial charge on any atom is -0.450 e. The Morgan fingerprint density at radius 1 is 1.64 bits per heavy atom. The Bertz CT molecular complexity index is 109. The molecule has 11 heavy (non-hydrogen) atoms. The van der Waals surface area contributed by atoms with Gasteiger partial charge in [0.2, 0.25) is 0 Å². The molecule has 3 nitrogen and oxygen atoms in total. The maximum absolute atomic E-state index is 10.7. The Hall–Kier alpha value is -0.440. The van der Waals surface area contributed by atoms with Gasteiger partial charge >= 0.3 is 6.09 Å². The number of amides is 1. The zero-order chi connectivity index (χ0) is 8.53. The summed E-state index contributed by atoms with van der Waals surface area (Å²) in [6.07, 6.45) is 1.28. The molecule has 0 aromatic heterocycles. The predicted molar refractivity (Wildman–Crippen MR) is 45.0 cm³/mol. The van der Waals surface area contributed by atoms with Crippen LogP contribution in [-0.2, 0) is 4.74 Å². The van der Waals surface area contributed by atoms with Crippen LogP contribution in [0.2, 0.25) is 0 Å².